The maximum atomic E-state index is 5.94. The predicted octanol–water partition coefficient (Wildman–Crippen LogP) is 4.94. The van der Waals surface area contributed by atoms with Gasteiger partial charge in [-0.25, -0.2) is 4.98 Å². The Morgan fingerprint density at radius 2 is 2.26 bits per heavy atom. The summed E-state index contributed by atoms with van der Waals surface area (Å²) in [4.78, 5) is 4.76. The lowest BCUT2D eigenvalue weighted by Gasteiger charge is -2.33. The molecule has 3 rings (SSSR count). The van der Waals surface area contributed by atoms with E-state index < -0.39 is 0 Å². The SMILES string of the molecule is CC(C1CCC1)n1c(CCCl)nc2ccc(Br)cc21. The van der Waals surface area contributed by atoms with Gasteiger partial charge in [0, 0.05) is 22.8 Å². The van der Waals surface area contributed by atoms with Crippen molar-refractivity contribution in [1.29, 1.82) is 0 Å². The molecule has 1 fully saturated rings. The van der Waals surface area contributed by atoms with Crippen molar-refractivity contribution in [2.45, 2.75) is 38.6 Å². The van der Waals surface area contributed by atoms with Crippen LogP contribution in [0.25, 0.3) is 11.0 Å². The normalized spacial score (nSPS) is 17.6. The summed E-state index contributed by atoms with van der Waals surface area (Å²) >= 11 is 9.50. The lowest BCUT2D eigenvalue weighted by atomic mass is 9.80. The number of benzene rings is 1. The first-order valence-electron chi connectivity index (χ1n) is 6.93. The Balaban J connectivity index is 2.11. The largest absolute Gasteiger partial charge is 0.325 e. The summed E-state index contributed by atoms with van der Waals surface area (Å²) in [5.74, 6) is 2.55. The van der Waals surface area contributed by atoms with Gasteiger partial charge in [0.15, 0.2) is 0 Å². The first-order chi connectivity index (χ1) is 9.20. The molecule has 0 bridgehead atoms. The molecule has 1 aliphatic carbocycles. The molecule has 2 aromatic rings. The second kappa shape index (κ2) is 5.45. The van der Waals surface area contributed by atoms with E-state index in [1.54, 1.807) is 0 Å². The molecule has 1 aromatic heterocycles. The van der Waals surface area contributed by atoms with Crippen LogP contribution in [0.15, 0.2) is 22.7 Å². The molecule has 0 spiro atoms. The molecular weight excluding hydrogens is 324 g/mol. The summed E-state index contributed by atoms with van der Waals surface area (Å²) in [5, 5.41) is 0. The fourth-order valence-corrected chi connectivity index (χ4v) is 3.48. The maximum Gasteiger partial charge on any atom is 0.111 e. The smallest absolute Gasteiger partial charge is 0.111 e. The number of rotatable bonds is 4. The molecule has 1 heterocycles. The molecule has 1 saturated carbocycles. The van der Waals surface area contributed by atoms with E-state index in [4.69, 9.17) is 16.6 Å². The molecule has 0 amide bonds. The van der Waals surface area contributed by atoms with Gasteiger partial charge >= 0.3 is 0 Å². The first kappa shape index (κ1) is 13.4. The third-order valence-corrected chi connectivity index (χ3v) is 4.96. The summed E-state index contributed by atoms with van der Waals surface area (Å²) in [7, 11) is 0. The van der Waals surface area contributed by atoms with Crippen LogP contribution < -0.4 is 0 Å². The quantitative estimate of drug-likeness (QED) is 0.720. The molecule has 4 heteroatoms. The first-order valence-corrected chi connectivity index (χ1v) is 8.26. The predicted molar refractivity (Wildman–Crippen MR) is 83.9 cm³/mol. The fourth-order valence-electron chi connectivity index (χ4n) is 2.96. The third-order valence-electron chi connectivity index (χ3n) is 4.28. The molecule has 102 valence electrons. The summed E-state index contributed by atoms with van der Waals surface area (Å²) < 4.78 is 3.52. The van der Waals surface area contributed by atoms with Crippen LogP contribution in [-0.4, -0.2) is 15.4 Å². The Labute approximate surface area is 127 Å². The Kier molecular flexibility index (Phi) is 3.86. The average molecular weight is 342 g/mol. The van der Waals surface area contributed by atoms with Crippen LogP contribution in [0.5, 0.6) is 0 Å². The van der Waals surface area contributed by atoms with Gasteiger partial charge in [0.25, 0.3) is 0 Å². The summed E-state index contributed by atoms with van der Waals surface area (Å²) in [6.45, 7) is 2.32. The Bertz CT molecular complexity index is 589. The van der Waals surface area contributed by atoms with Crippen LogP contribution in [0.1, 0.15) is 38.1 Å². The van der Waals surface area contributed by atoms with E-state index >= 15 is 0 Å². The lowest BCUT2D eigenvalue weighted by molar-refractivity contribution is 0.223. The molecule has 1 unspecified atom stereocenters. The molecular formula is C15H18BrClN2. The van der Waals surface area contributed by atoms with Crippen LogP contribution >= 0.6 is 27.5 Å². The zero-order valence-electron chi connectivity index (χ0n) is 11.1. The second-order valence-corrected chi connectivity index (χ2v) is 6.70. The van der Waals surface area contributed by atoms with Gasteiger partial charge < -0.3 is 4.57 Å². The van der Waals surface area contributed by atoms with Crippen LogP contribution in [0.3, 0.4) is 0 Å². The van der Waals surface area contributed by atoms with Crippen LogP contribution in [0.2, 0.25) is 0 Å². The fraction of sp³-hybridized carbons (Fsp3) is 0.533. The molecule has 0 radical (unpaired) electrons. The highest BCUT2D eigenvalue weighted by Crippen LogP contribution is 2.38. The van der Waals surface area contributed by atoms with E-state index in [-0.39, 0.29) is 0 Å². The molecule has 19 heavy (non-hydrogen) atoms. The van der Waals surface area contributed by atoms with Gasteiger partial charge in [-0.1, -0.05) is 22.4 Å². The third kappa shape index (κ3) is 2.43. The number of nitrogens with zero attached hydrogens (tertiary/aromatic N) is 2. The number of hydrogen-bond acceptors (Lipinski definition) is 1. The van der Waals surface area contributed by atoms with Crippen molar-refractivity contribution in [3.8, 4) is 0 Å². The Morgan fingerprint density at radius 3 is 2.89 bits per heavy atom. The van der Waals surface area contributed by atoms with Crippen molar-refractivity contribution < 1.29 is 0 Å². The van der Waals surface area contributed by atoms with Crippen molar-refractivity contribution in [3.05, 3.63) is 28.5 Å². The monoisotopic (exact) mass is 340 g/mol. The second-order valence-electron chi connectivity index (χ2n) is 5.40. The number of imidazole rings is 1. The number of alkyl halides is 1. The standard InChI is InChI=1S/C15H18BrClN2/c1-10(11-3-2-4-11)19-14-9-12(16)5-6-13(14)18-15(19)7-8-17/h5-6,9-11H,2-4,7-8H2,1H3. The van der Waals surface area contributed by atoms with Crippen molar-refractivity contribution in [3.63, 3.8) is 0 Å². The van der Waals surface area contributed by atoms with Gasteiger partial charge in [-0.15, -0.1) is 11.6 Å². The summed E-state index contributed by atoms with van der Waals surface area (Å²) in [6.07, 6.45) is 4.89. The van der Waals surface area contributed by atoms with Gasteiger partial charge in [-0.05, 0) is 43.9 Å². The average Bonchev–Trinajstić information content (AvgIpc) is 2.64. The van der Waals surface area contributed by atoms with Crippen molar-refractivity contribution in [2.75, 3.05) is 5.88 Å². The van der Waals surface area contributed by atoms with Gasteiger partial charge in [0.2, 0.25) is 0 Å². The van der Waals surface area contributed by atoms with Crippen molar-refractivity contribution in [2.24, 2.45) is 5.92 Å². The van der Waals surface area contributed by atoms with E-state index in [1.165, 1.54) is 24.8 Å². The van der Waals surface area contributed by atoms with Gasteiger partial charge in [-0.2, -0.15) is 0 Å². The highest BCUT2D eigenvalue weighted by Gasteiger charge is 2.27. The highest BCUT2D eigenvalue weighted by molar-refractivity contribution is 9.10. The van der Waals surface area contributed by atoms with Crippen molar-refractivity contribution >= 4 is 38.6 Å². The minimum Gasteiger partial charge on any atom is -0.325 e. The van der Waals surface area contributed by atoms with E-state index in [1.807, 2.05) is 0 Å². The summed E-state index contributed by atoms with van der Waals surface area (Å²) in [6, 6.07) is 6.83. The zero-order chi connectivity index (χ0) is 13.4. The molecule has 1 aromatic carbocycles. The molecule has 1 aliphatic rings. The van der Waals surface area contributed by atoms with E-state index in [0.717, 1.165) is 28.2 Å². The topological polar surface area (TPSA) is 17.8 Å². The minimum atomic E-state index is 0.520. The number of fused-ring (bicyclic) bond motifs is 1. The van der Waals surface area contributed by atoms with Gasteiger partial charge in [0.1, 0.15) is 5.82 Å². The van der Waals surface area contributed by atoms with Crippen LogP contribution in [0.4, 0.5) is 0 Å². The molecule has 0 saturated heterocycles. The molecule has 0 aliphatic heterocycles. The van der Waals surface area contributed by atoms with E-state index in [2.05, 4.69) is 45.6 Å². The van der Waals surface area contributed by atoms with Crippen molar-refractivity contribution in [1.82, 2.24) is 9.55 Å². The van der Waals surface area contributed by atoms with E-state index in [9.17, 15) is 0 Å². The molecule has 2 nitrogen and oxygen atoms in total. The Morgan fingerprint density at radius 1 is 1.47 bits per heavy atom. The van der Waals surface area contributed by atoms with Gasteiger partial charge in [-0.3, -0.25) is 0 Å². The van der Waals surface area contributed by atoms with Gasteiger partial charge in [0.05, 0.1) is 11.0 Å². The minimum absolute atomic E-state index is 0.520. The summed E-state index contributed by atoms with van der Waals surface area (Å²) in [5.41, 5.74) is 2.31. The lowest BCUT2D eigenvalue weighted by Crippen LogP contribution is -2.24. The molecule has 0 N–H and O–H groups in total. The highest BCUT2D eigenvalue weighted by atomic mass is 79.9. The number of aromatic nitrogens is 2. The molecule has 1 atom stereocenters. The Hall–Kier alpha value is -0.540. The zero-order valence-corrected chi connectivity index (χ0v) is 13.4. The number of halogens is 2. The number of hydrogen-bond donors (Lipinski definition) is 0. The number of aryl methyl sites for hydroxylation is 1. The van der Waals surface area contributed by atoms with Crippen LogP contribution in [0, 0.1) is 5.92 Å². The van der Waals surface area contributed by atoms with E-state index in [0.29, 0.717) is 11.9 Å². The van der Waals surface area contributed by atoms with Crippen LogP contribution in [-0.2, 0) is 6.42 Å². The maximum absolute atomic E-state index is 5.94.